The van der Waals surface area contributed by atoms with Gasteiger partial charge in [-0.2, -0.15) is 0 Å². The predicted octanol–water partition coefficient (Wildman–Crippen LogP) is 5.19. The van der Waals surface area contributed by atoms with Crippen LogP contribution in [0.25, 0.3) is 6.08 Å². The lowest BCUT2D eigenvalue weighted by Gasteiger charge is -1.98. The van der Waals surface area contributed by atoms with E-state index in [1.165, 1.54) is 0 Å². The Kier molecular flexibility index (Phi) is 4.30. The summed E-state index contributed by atoms with van der Waals surface area (Å²) in [5.74, 6) is 0. The van der Waals surface area contributed by atoms with Gasteiger partial charge in [-0.15, -0.1) is 0 Å². The predicted molar refractivity (Wildman–Crippen MR) is 65.0 cm³/mol. The molecule has 0 fully saturated rings. The molecular formula is C8H4Br3Cl. The number of halogens is 4. The Morgan fingerprint density at radius 3 is 2.58 bits per heavy atom. The average molecular weight is 375 g/mol. The third-order valence-corrected chi connectivity index (χ3v) is 2.64. The third-order valence-electron chi connectivity index (χ3n) is 1.22. The van der Waals surface area contributed by atoms with Crippen LogP contribution in [0.5, 0.6) is 0 Å². The van der Waals surface area contributed by atoms with Crippen molar-refractivity contribution in [1.29, 1.82) is 0 Å². The average Bonchev–Trinajstić information content (AvgIpc) is 1.96. The molecule has 0 spiro atoms. The summed E-state index contributed by atoms with van der Waals surface area (Å²) < 4.78 is 1.90. The van der Waals surface area contributed by atoms with E-state index in [1.54, 1.807) is 0 Å². The first kappa shape index (κ1) is 10.8. The van der Waals surface area contributed by atoms with Gasteiger partial charge in [-0.1, -0.05) is 27.5 Å². The zero-order valence-corrected chi connectivity index (χ0v) is 11.3. The number of hydrogen-bond donors (Lipinski definition) is 0. The Balaban J connectivity index is 3.14. The van der Waals surface area contributed by atoms with E-state index in [2.05, 4.69) is 47.8 Å². The fourth-order valence-corrected chi connectivity index (χ4v) is 1.78. The molecule has 0 unspecified atom stereocenters. The van der Waals surface area contributed by atoms with Gasteiger partial charge in [-0.3, -0.25) is 0 Å². The van der Waals surface area contributed by atoms with Gasteiger partial charge in [-0.25, -0.2) is 0 Å². The molecule has 12 heavy (non-hydrogen) atoms. The van der Waals surface area contributed by atoms with E-state index in [1.807, 2.05) is 24.3 Å². The van der Waals surface area contributed by atoms with Crippen LogP contribution in [-0.4, -0.2) is 0 Å². The number of hydrogen-bond acceptors (Lipinski definition) is 0. The van der Waals surface area contributed by atoms with Crippen LogP contribution >= 0.6 is 59.4 Å². The summed E-state index contributed by atoms with van der Waals surface area (Å²) in [5.41, 5.74) is 1.03. The van der Waals surface area contributed by atoms with E-state index in [9.17, 15) is 0 Å². The lowest BCUT2D eigenvalue weighted by atomic mass is 10.2. The Bertz CT molecular complexity index is 316. The highest BCUT2D eigenvalue weighted by molar-refractivity contribution is 9.28. The van der Waals surface area contributed by atoms with Gasteiger partial charge in [0.2, 0.25) is 0 Å². The fraction of sp³-hybridized carbons (Fsp3) is 0. The zero-order valence-electron chi connectivity index (χ0n) is 5.82. The van der Waals surface area contributed by atoms with Crippen molar-refractivity contribution in [3.8, 4) is 0 Å². The summed E-state index contributed by atoms with van der Waals surface area (Å²) in [4.78, 5) is 0. The molecule has 0 heterocycles. The SMILES string of the molecule is Clc1ccc(Br)c(C=C(Br)Br)c1. The van der Waals surface area contributed by atoms with Crippen molar-refractivity contribution >= 4 is 65.5 Å². The molecule has 0 amide bonds. The van der Waals surface area contributed by atoms with Crippen molar-refractivity contribution in [3.63, 3.8) is 0 Å². The Morgan fingerprint density at radius 2 is 2.00 bits per heavy atom. The first-order valence-electron chi connectivity index (χ1n) is 3.07. The van der Waals surface area contributed by atoms with Crippen LogP contribution in [0.15, 0.2) is 26.1 Å². The van der Waals surface area contributed by atoms with Crippen LogP contribution in [0, 0.1) is 0 Å². The molecule has 0 atom stereocenters. The maximum Gasteiger partial charge on any atom is 0.0610 e. The summed E-state index contributed by atoms with van der Waals surface area (Å²) in [6, 6.07) is 5.64. The van der Waals surface area contributed by atoms with Crippen molar-refractivity contribution < 1.29 is 0 Å². The molecule has 64 valence electrons. The van der Waals surface area contributed by atoms with Crippen molar-refractivity contribution in [2.75, 3.05) is 0 Å². The van der Waals surface area contributed by atoms with Crippen molar-refractivity contribution in [1.82, 2.24) is 0 Å². The maximum absolute atomic E-state index is 5.82. The summed E-state index contributed by atoms with van der Waals surface area (Å²) >= 11 is 15.8. The molecular weight excluding hydrogens is 371 g/mol. The molecule has 0 aliphatic carbocycles. The van der Waals surface area contributed by atoms with Gasteiger partial charge in [-0.05, 0) is 61.7 Å². The van der Waals surface area contributed by atoms with E-state index >= 15 is 0 Å². The van der Waals surface area contributed by atoms with E-state index in [0.717, 1.165) is 18.5 Å². The minimum absolute atomic E-state index is 0.728. The second-order valence-corrected chi connectivity index (χ2v) is 6.16. The number of rotatable bonds is 1. The monoisotopic (exact) mass is 372 g/mol. The Labute approximate surface area is 101 Å². The van der Waals surface area contributed by atoms with E-state index in [0.29, 0.717) is 0 Å². The van der Waals surface area contributed by atoms with Crippen LogP contribution in [-0.2, 0) is 0 Å². The fourth-order valence-electron chi connectivity index (χ4n) is 0.743. The highest BCUT2D eigenvalue weighted by Crippen LogP contribution is 2.26. The maximum atomic E-state index is 5.82. The molecule has 0 aliphatic rings. The molecule has 0 nitrogen and oxygen atoms in total. The quantitative estimate of drug-likeness (QED) is 0.634. The lowest BCUT2D eigenvalue weighted by molar-refractivity contribution is 1.60. The summed E-state index contributed by atoms with van der Waals surface area (Å²) in [6.45, 7) is 0. The highest BCUT2D eigenvalue weighted by Gasteiger charge is 1.97. The third kappa shape index (κ3) is 3.21. The number of benzene rings is 1. The molecule has 0 aliphatic heterocycles. The standard InChI is InChI=1S/C8H4Br3Cl/c9-7-2-1-6(12)3-5(7)4-8(10)11/h1-4H. The largest absolute Gasteiger partial charge is 0.0843 e. The van der Waals surface area contributed by atoms with Gasteiger partial charge in [0.1, 0.15) is 0 Å². The minimum atomic E-state index is 0.728. The van der Waals surface area contributed by atoms with Crippen LogP contribution < -0.4 is 0 Å². The molecule has 0 saturated carbocycles. The first-order chi connectivity index (χ1) is 5.59. The summed E-state index contributed by atoms with van der Waals surface area (Å²) in [5, 5.41) is 0.728. The van der Waals surface area contributed by atoms with E-state index < -0.39 is 0 Å². The molecule has 0 aromatic heterocycles. The van der Waals surface area contributed by atoms with E-state index in [-0.39, 0.29) is 0 Å². The molecule has 0 N–H and O–H groups in total. The Morgan fingerprint density at radius 1 is 1.33 bits per heavy atom. The van der Waals surface area contributed by atoms with Crippen LogP contribution in [0.3, 0.4) is 0 Å². The molecule has 0 saturated heterocycles. The second-order valence-electron chi connectivity index (χ2n) is 2.10. The smallest absolute Gasteiger partial charge is 0.0610 e. The van der Waals surface area contributed by atoms with Gasteiger partial charge in [0, 0.05) is 9.50 Å². The lowest BCUT2D eigenvalue weighted by Crippen LogP contribution is -1.74. The van der Waals surface area contributed by atoms with Gasteiger partial charge >= 0.3 is 0 Å². The summed E-state index contributed by atoms with van der Waals surface area (Å²) in [6.07, 6.45) is 1.93. The van der Waals surface area contributed by atoms with Crippen LogP contribution in [0.1, 0.15) is 5.56 Å². The molecule has 1 aromatic rings. The summed E-state index contributed by atoms with van der Waals surface area (Å²) in [7, 11) is 0. The topological polar surface area (TPSA) is 0 Å². The van der Waals surface area contributed by atoms with Crippen molar-refractivity contribution in [2.45, 2.75) is 0 Å². The molecule has 0 bridgehead atoms. The van der Waals surface area contributed by atoms with Gasteiger partial charge in [0.05, 0.1) is 3.39 Å². The first-order valence-corrected chi connectivity index (χ1v) is 5.83. The highest BCUT2D eigenvalue weighted by atomic mass is 79.9. The van der Waals surface area contributed by atoms with Gasteiger partial charge in [0.25, 0.3) is 0 Å². The van der Waals surface area contributed by atoms with Gasteiger partial charge < -0.3 is 0 Å². The van der Waals surface area contributed by atoms with E-state index in [4.69, 9.17) is 11.6 Å². The molecule has 4 heteroatoms. The zero-order chi connectivity index (χ0) is 9.14. The normalized spacial score (nSPS) is 9.67. The second kappa shape index (κ2) is 4.80. The molecule has 0 radical (unpaired) electrons. The van der Waals surface area contributed by atoms with Gasteiger partial charge in [0.15, 0.2) is 0 Å². The van der Waals surface area contributed by atoms with Crippen molar-refractivity contribution in [2.24, 2.45) is 0 Å². The molecule has 1 rings (SSSR count). The van der Waals surface area contributed by atoms with Crippen LogP contribution in [0.2, 0.25) is 5.02 Å². The van der Waals surface area contributed by atoms with Crippen molar-refractivity contribution in [3.05, 3.63) is 36.6 Å². The Hall–Kier alpha value is 0.690. The van der Waals surface area contributed by atoms with Crippen LogP contribution in [0.4, 0.5) is 0 Å². The molecule has 1 aromatic carbocycles. The minimum Gasteiger partial charge on any atom is -0.0843 e.